The van der Waals surface area contributed by atoms with E-state index in [-0.39, 0.29) is 0 Å². The van der Waals surface area contributed by atoms with Gasteiger partial charge in [-0.2, -0.15) is 5.10 Å². The monoisotopic (exact) mass is 375 g/mol. The fraction of sp³-hybridized carbons (Fsp3) is 0.250. The van der Waals surface area contributed by atoms with E-state index in [1.807, 2.05) is 0 Å². The molecule has 1 aliphatic rings. The molecule has 1 atom stereocenters. The lowest BCUT2D eigenvalue weighted by molar-refractivity contribution is 0.0522. The number of rotatable bonds is 2. The molecule has 0 spiro atoms. The molecule has 1 aromatic heterocycles. The van der Waals surface area contributed by atoms with E-state index in [0.29, 0.717) is 22.5 Å². The third kappa shape index (κ3) is 2.23. The summed E-state index contributed by atoms with van der Waals surface area (Å²) in [5.74, 6) is -1.33. The van der Waals surface area contributed by atoms with Gasteiger partial charge in [0.1, 0.15) is 6.04 Å². The van der Waals surface area contributed by atoms with E-state index in [2.05, 4.69) is 21.0 Å². The molecule has 7 heteroatoms. The average Bonchev–Trinajstić information content (AvgIpc) is 2.95. The van der Waals surface area contributed by atoms with Gasteiger partial charge in [0.2, 0.25) is 0 Å². The summed E-state index contributed by atoms with van der Waals surface area (Å²) in [6.45, 7) is 5.05. The zero-order chi connectivity index (χ0) is 16.9. The number of aromatic nitrogens is 2. The van der Waals surface area contributed by atoms with Crippen molar-refractivity contribution in [1.82, 2.24) is 14.7 Å². The Morgan fingerprint density at radius 3 is 2.09 bits per heavy atom. The summed E-state index contributed by atoms with van der Waals surface area (Å²) < 4.78 is 1.97. The van der Waals surface area contributed by atoms with Gasteiger partial charge in [-0.05, 0) is 48.8 Å². The fourth-order valence-electron chi connectivity index (χ4n) is 2.69. The van der Waals surface area contributed by atoms with Crippen LogP contribution in [0.4, 0.5) is 0 Å². The van der Waals surface area contributed by atoms with Gasteiger partial charge in [-0.15, -0.1) is 0 Å². The van der Waals surface area contributed by atoms with Crippen molar-refractivity contribution in [2.24, 2.45) is 0 Å². The highest BCUT2D eigenvalue weighted by molar-refractivity contribution is 9.10. The molecule has 2 heterocycles. The smallest absolute Gasteiger partial charge is 0.270 e. The van der Waals surface area contributed by atoms with E-state index in [4.69, 9.17) is 0 Å². The number of hydrogen-bond donors (Lipinski definition) is 0. The highest BCUT2D eigenvalue weighted by Gasteiger charge is 2.41. The van der Waals surface area contributed by atoms with Crippen LogP contribution in [-0.2, 0) is 0 Å². The van der Waals surface area contributed by atoms with Gasteiger partial charge in [-0.1, -0.05) is 12.1 Å². The zero-order valence-electron chi connectivity index (χ0n) is 12.8. The van der Waals surface area contributed by atoms with E-state index in [9.17, 15) is 14.4 Å². The van der Waals surface area contributed by atoms with Crippen molar-refractivity contribution in [3.63, 3.8) is 0 Å². The van der Waals surface area contributed by atoms with Crippen molar-refractivity contribution in [2.75, 3.05) is 0 Å². The number of aryl methyl sites for hydroxylation is 1. The maximum absolute atomic E-state index is 12.7. The molecule has 0 saturated carbocycles. The Bertz CT molecular complexity index is 821. The van der Waals surface area contributed by atoms with Crippen LogP contribution >= 0.6 is 15.9 Å². The number of hydrogen-bond acceptors (Lipinski definition) is 4. The number of nitrogens with zero attached hydrogens (tertiary/aromatic N) is 3. The molecule has 1 aliphatic heterocycles. The Hall–Kier alpha value is -2.28. The third-order valence-corrected chi connectivity index (χ3v) is 5.13. The Morgan fingerprint density at radius 2 is 1.65 bits per heavy atom. The summed E-state index contributed by atoms with van der Waals surface area (Å²) in [5.41, 5.74) is 1.96. The van der Waals surface area contributed by atoms with Gasteiger partial charge in [0.25, 0.3) is 17.7 Å². The van der Waals surface area contributed by atoms with Crippen molar-refractivity contribution in [3.8, 4) is 0 Å². The lowest BCUT2D eigenvalue weighted by atomic mass is 10.1. The largest absolute Gasteiger partial charge is 0.270 e. The van der Waals surface area contributed by atoms with Gasteiger partial charge in [0.15, 0.2) is 0 Å². The predicted molar refractivity (Wildman–Crippen MR) is 86.4 cm³/mol. The quantitative estimate of drug-likeness (QED) is 0.756. The van der Waals surface area contributed by atoms with Gasteiger partial charge in [-0.25, -0.2) is 4.68 Å². The van der Waals surface area contributed by atoms with Crippen LogP contribution in [0, 0.1) is 13.8 Å². The van der Waals surface area contributed by atoms with Crippen molar-refractivity contribution < 1.29 is 14.4 Å². The molecule has 0 radical (unpaired) electrons. The van der Waals surface area contributed by atoms with Crippen LogP contribution in [0.5, 0.6) is 0 Å². The fourth-order valence-corrected chi connectivity index (χ4v) is 2.93. The molecule has 3 rings (SSSR count). The molecular weight excluding hydrogens is 362 g/mol. The van der Waals surface area contributed by atoms with E-state index in [1.165, 1.54) is 11.6 Å². The van der Waals surface area contributed by atoms with E-state index >= 15 is 0 Å². The number of imide groups is 1. The minimum absolute atomic E-state index is 0.326. The van der Waals surface area contributed by atoms with Gasteiger partial charge in [-0.3, -0.25) is 19.3 Å². The molecule has 6 nitrogen and oxygen atoms in total. The highest BCUT2D eigenvalue weighted by Crippen LogP contribution is 2.26. The maximum atomic E-state index is 12.7. The molecule has 0 saturated heterocycles. The highest BCUT2D eigenvalue weighted by atomic mass is 79.9. The van der Waals surface area contributed by atoms with Crippen LogP contribution in [0.1, 0.15) is 43.8 Å². The van der Waals surface area contributed by atoms with E-state index in [1.54, 1.807) is 38.1 Å². The maximum Gasteiger partial charge on any atom is 0.270 e. The summed E-state index contributed by atoms with van der Waals surface area (Å²) in [7, 11) is 0. The van der Waals surface area contributed by atoms with Crippen LogP contribution in [-0.4, -0.2) is 38.4 Å². The standard InChI is InChI=1S/C16H14BrN3O3/c1-8-13(17)9(2)20(18-8)14(21)10(3)19-15(22)11-6-4-5-7-12(11)16(19)23/h4-7,10H,1-3H3/t10-/m0/s1. The first-order valence-corrected chi connectivity index (χ1v) is 7.86. The molecule has 0 unspecified atom stereocenters. The second kappa shape index (κ2) is 5.42. The van der Waals surface area contributed by atoms with Crippen molar-refractivity contribution in [3.05, 3.63) is 51.3 Å². The number of fused-ring (bicyclic) bond motifs is 1. The topological polar surface area (TPSA) is 72.3 Å². The van der Waals surface area contributed by atoms with Crippen molar-refractivity contribution in [2.45, 2.75) is 26.8 Å². The zero-order valence-corrected chi connectivity index (χ0v) is 14.4. The molecule has 1 aromatic carbocycles. The predicted octanol–water partition coefficient (Wildman–Crippen LogP) is 2.59. The number of amides is 2. The molecule has 118 valence electrons. The first kappa shape index (κ1) is 15.6. The average molecular weight is 376 g/mol. The van der Waals surface area contributed by atoms with Crippen LogP contribution in [0.2, 0.25) is 0 Å². The van der Waals surface area contributed by atoms with Crippen LogP contribution < -0.4 is 0 Å². The molecule has 2 amide bonds. The number of halogens is 1. The molecule has 0 N–H and O–H groups in total. The summed E-state index contributed by atoms with van der Waals surface area (Å²) >= 11 is 3.36. The molecule has 0 aliphatic carbocycles. The first-order chi connectivity index (χ1) is 10.8. The van der Waals surface area contributed by atoms with Gasteiger partial charge in [0.05, 0.1) is 27.0 Å². The Balaban J connectivity index is 1.97. The lowest BCUT2D eigenvalue weighted by Gasteiger charge is -2.21. The normalized spacial score (nSPS) is 15.0. The molecular formula is C16H14BrN3O3. The second-order valence-corrected chi connectivity index (χ2v) is 6.23. The summed E-state index contributed by atoms with van der Waals surface area (Å²) in [6.07, 6.45) is 0. The van der Waals surface area contributed by atoms with Crippen molar-refractivity contribution in [1.29, 1.82) is 0 Å². The van der Waals surface area contributed by atoms with Gasteiger partial charge >= 0.3 is 0 Å². The SMILES string of the molecule is Cc1nn(C(=O)[C@H](C)N2C(=O)c3ccccc3C2=O)c(C)c1Br. The second-order valence-electron chi connectivity index (χ2n) is 5.44. The van der Waals surface area contributed by atoms with E-state index < -0.39 is 23.8 Å². The van der Waals surface area contributed by atoms with Crippen LogP contribution in [0.15, 0.2) is 28.7 Å². The molecule has 0 fully saturated rings. The summed E-state index contributed by atoms with van der Waals surface area (Å²) in [4.78, 5) is 38.6. The first-order valence-electron chi connectivity index (χ1n) is 7.07. The lowest BCUT2D eigenvalue weighted by Crippen LogP contribution is -2.45. The van der Waals surface area contributed by atoms with Gasteiger partial charge < -0.3 is 0 Å². The van der Waals surface area contributed by atoms with Crippen LogP contribution in [0.25, 0.3) is 0 Å². The van der Waals surface area contributed by atoms with E-state index in [0.717, 1.165) is 9.37 Å². The number of carbonyl (C=O) groups is 3. The van der Waals surface area contributed by atoms with Crippen LogP contribution in [0.3, 0.4) is 0 Å². The Labute approximate surface area is 141 Å². The number of benzene rings is 1. The summed E-state index contributed by atoms with van der Waals surface area (Å²) in [6, 6.07) is 5.63. The molecule has 23 heavy (non-hydrogen) atoms. The minimum Gasteiger partial charge on any atom is -0.270 e. The van der Waals surface area contributed by atoms with Crippen molar-refractivity contribution >= 4 is 33.7 Å². The molecule has 0 bridgehead atoms. The number of carbonyl (C=O) groups excluding carboxylic acids is 3. The van der Waals surface area contributed by atoms with Gasteiger partial charge in [0, 0.05) is 0 Å². The minimum atomic E-state index is -0.938. The molecule has 2 aromatic rings. The Morgan fingerprint density at radius 1 is 1.13 bits per heavy atom. The summed E-state index contributed by atoms with van der Waals surface area (Å²) in [5, 5.41) is 4.17. The third-order valence-electron chi connectivity index (χ3n) is 3.98. The Kier molecular flexibility index (Phi) is 3.68.